The highest BCUT2D eigenvalue weighted by Gasteiger charge is 2.19. The second kappa shape index (κ2) is 5.95. The second-order valence-electron chi connectivity index (χ2n) is 4.85. The summed E-state index contributed by atoms with van der Waals surface area (Å²) in [6.45, 7) is 4.55. The molecule has 0 aliphatic carbocycles. The molecular weight excluding hydrogens is 270 g/mol. The first kappa shape index (κ1) is 15.0. The van der Waals surface area contributed by atoms with Crippen LogP contribution in [0.2, 0.25) is 0 Å². The molecule has 0 spiro atoms. The maximum Gasteiger partial charge on any atom is 0.337 e. The fraction of sp³-hybridized carbons (Fsp3) is 0.400. The van der Waals surface area contributed by atoms with Crippen molar-refractivity contribution in [2.24, 2.45) is 0 Å². The molecule has 112 valence electrons. The van der Waals surface area contributed by atoms with Gasteiger partial charge in [-0.3, -0.25) is 4.79 Å². The van der Waals surface area contributed by atoms with Crippen LogP contribution in [-0.4, -0.2) is 45.0 Å². The van der Waals surface area contributed by atoms with Gasteiger partial charge in [-0.2, -0.15) is 0 Å². The standard InChI is InChI=1S/C15H19N3O3/c1-4-12-16-11-8-6-7-10(15(20)21)14(11)18(12)9-13(19)17(3)5-2/h6-8H,4-5,9H2,1-3H3,(H,20,21). The zero-order valence-corrected chi connectivity index (χ0v) is 12.5. The summed E-state index contributed by atoms with van der Waals surface area (Å²) < 4.78 is 1.72. The second-order valence-corrected chi connectivity index (χ2v) is 4.85. The van der Waals surface area contributed by atoms with Crippen molar-refractivity contribution in [1.29, 1.82) is 0 Å². The number of aromatic nitrogens is 2. The van der Waals surface area contributed by atoms with Gasteiger partial charge >= 0.3 is 5.97 Å². The van der Waals surface area contributed by atoms with Gasteiger partial charge in [0.2, 0.25) is 5.91 Å². The molecule has 1 heterocycles. The molecule has 1 amide bonds. The quantitative estimate of drug-likeness (QED) is 0.910. The first-order valence-electron chi connectivity index (χ1n) is 6.94. The van der Waals surface area contributed by atoms with E-state index >= 15 is 0 Å². The van der Waals surface area contributed by atoms with Gasteiger partial charge in [-0.25, -0.2) is 9.78 Å². The van der Waals surface area contributed by atoms with Crippen molar-refractivity contribution < 1.29 is 14.7 Å². The number of fused-ring (bicyclic) bond motifs is 1. The number of nitrogens with zero attached hydrogens (tertiary/aromatic N) is 3. The number of rotatable bonds is 5. The van der Waals surface area contributed by atoms with Crippen LogP contribution in [-0.2, 0) is 17.8 Å². The lowest BCUT2D eigenvalue weighted by Crippen LogP contribution is -2.30. The highest BCUT2D eigenvalue weighted by molar-refractivity contribution is 6.01. The number of carbonyl (C=O) groups excluding carboxylic acids is 1. The molecule has 1 aromatic carbocycles. The van der Waals surface area contributed by atoms with Gasteiger partial charge < -0.3 is 14.6 Å². The summed E-state index contributed by atoms with van der Waals surface area (Å²) in [6.07, 6.45) is 0.636. The van der Waals surface area contributed by atoms with E-state index < -0.39 is 5.97 Å². The minimum Gasteiger partial charge on any atom is -0.478 e. The van der Waals surface area contributed by atoms with E-state index in [-0.39, 0.29) is 18.0 Å². The van der Waals surface area contributed by atoms with Crippen LogP contribution in [0.15, 0.2) is 18.2 Å². The molecule has 0 radical (unpaired) electrons. The highest BCUT2D eigenvalue weighted by Crippen LogP contribution is 2.21. The van der Waals surface area contributed by atoms with Crippen LogP contribution in [0.4, 0.5) is 0 Å². The summed E-state index contributed by atoms with van der Waals surface area (Å²) >= 11 is 0. The Morgan fingerprint density at radius 3 is 2.62 bits per heavy atom. The lowest BCUT2D eigenvalue weighted by molar-refractivity contribution is -0.130. The number of imidazole rings is 1. The van der Waals surface area contributed by atoms with Crippen LogP contribution in [0.1, 0.15) is 30.0 Å². The summed E-state index contributed by atoms with van der Waals surface area (Å²) in [5.74, 6) is -0.357. The number of hydrogen-bond acceptors (Lipinski definition) is 3. The van der Waals surface area contributed by atoms with Crippen molar-refractivity contribution in [3.8, 4) is 0 Å². The molecule has 0 fully saturated rings. The molecule has 1 N–H and O–H groups in total. The Morgan fingerprint density at radius 2 is 2.05 bits per heavy atom. The number of amides is 1. The molecule has 6 heteroatoms. The molecule has 0 aliphatic heterocycles. The predicted molar refractivity (Wildman–Crippen MR) is 79.4 cm³/mol. The molecule has 1 aromatic heterocycles. The average Bonchev–Trinajstić information content (AvgIpc) is 2.83. The van der Waals surface area contributed by atoms with Gasteiger partial charge in [-0.1, -0.05) is 13.0 Å². The highest BCUT2D eigenvalue weighted by atomic mass is 16.4. The largest absolute Gasteiger partial charge is 0.478 e. The molecule has 0 atom stereocenters. The predicted octanol–water partition coefficient (Wildman–Crippen LogP) is 1.78. The zero-order valence-electron chi connectivity index (χ0n) is 12.5. The number of hydrogen-bond donors (Lipinski definition) is 1. The lowest BCUT2D eigenvalue weighted by Gasteiger charge is -2.16. The van der Waals surface area contributed by atoms with Gasteiger partial charge in [-0.05, 0) is 19.1 Å². The summed E-state index contributed by atoms with van der Waals surface area (Å²) in [5, 5.41) is 9.34. The Morgan fingerprint density at radius 1 is 1.33 bits per heavy atom. The van der Waals surface area contributed by atoms with Gasteiger partial charge in [0.05, 0.1) is 16.6 Å². The van der Waals surface area contributed by atoms with Gasteiger partial charge in [0.1, 0.15) is 12.4 Å². The molecule has 0 aliphatic rings. The maximum atomic E-state index is 12.2. The number of carboxylic acid groups (broad SMARTS) is 1. The van der Waals surface area contributed by atoms with Crippen molar-refractivity contribution in [3.05, 3.63) is 29.6 Å². The monoisotopic (exact) mass is 289 g/mol. The van der Waals surface area contributed by atoms with Gasteiger partial charge in [0, 0.05) is 20.0 Å². The Labute approximate surface area is 123 Å². The van der Waals surface area contributed by atoms with E-state index in [0.717, 1.165) is 5.82 Å². The lowest BCUT2D eigenvalue weighted by atomic mass is 10.2. The van der Waals surface area contributed by atoms with Gasteiger partial charge in [0.25, 0.3) is 0 Å². The zero-order chi connectivity index (χ0) is 15.6. The van der Waals surface area contributed by atoms with E-state index in [1.165, 1.54) is 6.07 Å². The fourth-order valence-electron chi connectivity index (χ4n) is 2.28. The van der Waals surface area contributed by atoms with Gasteiger partial charge in [-0.15, -0.1) is 0 Å². The van der Waals surface area contributed by atoms with E-state index in [1.54, 1.807) is 28.6 Å². The molecule has 0 saturated heterocycles. The molecule has 2 aromatic rings. The van der Waals surface area contributed by atoms with Crippen LogP contribution in [0, 0.1) is 0 Å². The molecule has 0 unspecified atom stereocenters. The normalized spacial score (nSPS) is 10.8. The summed E-state index contributed by atoms with van der Waals surface area (Å²) in [7, 11) is 1.73. The van der Waals surface area contributed by atoms with Crippen LogP contribution < -0.4 is 0 Å². The topological polar surface area (TPSA) is 75.4 Å². The van der Waals surface area contributed by atoms with Crippen LogP contribution in [0.25, 0.3) is 11.0 Å². The van der Waals surface area contributed by atoms with E-state index in [4.69, 9.17) is 0 Å². The fourth-order valence-corrected chi connectivity index (χ4v) is 2.28. The summed E-state index contributed by atoms with van der Waals surface area (Å²) in [6, 6.07) is 4.98. The third-order valence-corrected chi connectivity index (χ3v) is 3.59. The van der Waals surface area contributed by atoms with Crippen molar-refractivity contribution >= 4 is 22.9 Å². The average molecular weight is 289 g/mol. The van der Waals surface area contributed by atoms with E-state index in [9.17, 15) is 14.7 Å². The van der Waals surface area contributed by atoms with E-state index in [2.05, 4.69) is 4.98 Å². The molecule has 6 nitrogen and oxygen atoms in total. The first-order chi connectivity index (χ1) is 9.99. The Balaban J connectivity index is 2.59. The van der Waals surface area contributed by atoms with Gasteiger partial charge in [0.15, 0.2) is 0 Å². The summed E-state index contributed by atoms with van der Waals surface area (Å²) in [4.78, 5) is 29.6. The molecule has 0 saturated carbocycles. The number of para-hydroxylation sites is 1. The maximum absolute atomic E-state index is 12.2. The number of aromatic carboxylic acids is 1. The number of carbonyl (C=O) groups is 2. The van der Waals surface area contributed by atoms with Crippen molar-refractivity contribution in [2.45, 2.75) is 26.8 Å². The van der Waals surface area contributed by atoms with E-state index in [1.807, 2.05) is 13.8 Å². The number of benzene rings is 1. The molecule has 2 rings (SSSR count). The molecule has 0 bridgehead atoms. The minimum atomic E-state index is -1.01. The molecule has 21 heavy (non-hydrogen) atoms. The third kappa shape index (κ3) is 2.74. The Hall–Kier alpha value is -2.37. The van der Waals surface area contributed by atoms with Crippen LogP contribution >= 0.6 is 0 Å². The van der Waals surface area contributed by atoms with Crippen LogP contribution in [0.5, 0.6) is 0 Å². The molecular formula is C15H19N3O3. The Kier molecular flexibility index (Phi) is 4.26. The number of likely N-dealkylation sites (N-methyl/N-ethyl adjacent to an activating group) is 1. The minimum absolute atomic E-state index is 0.0632. The third-order valence-electron chi connectivity index (χ3n) is 3.59. The van der Waals surface area contributed by atoms with Crippen molar-refractivity contribution in [1.82, 2.24) is 14.5 Å². The SMILES string of the molecule is CCc1nc2cccc(C(=O)O)c2n1CC(=O)N(C)CC. The number of carboxylic acids is 1. The first-order valence-corrected chi connectivity index (χ1v) is 6.94. The van der Waals surface area contributed by atoms with Crippen molar-refractivity contribution in [3.63, 3.8) is 0 Å². The van der Waals surface area contributed by atoms with Crippen LogP contribution in [0.3, 0.4) is 0 Å². The van der Waals surface area contributed by atoms with E-state index in [0.29, 0.717) is 24.0 Å². The Bertz CT molecular complexity index is 691. The summed E-state index contributed by atoms with van der Waals surface area (Å²) in [5.41, 5.74) is 1.30. The van der Waals surface area contributed by atoms with Crippen molar-refractivity contribution in [2.75, 3.05) is 13.6 Å². The number of aryl methyl sites for hydroxylation is 1. The smallest absolute Gasteiger partial charge is 0.337 e.